The molecule has 0 spiro atoms. The number of carbonyl (C=O) groups is 1. The maximum atomic E-state index is 12.2. The number of nitrogens with one attached hydrogen (secondary N) is 1. The second kappa shape index (κ2) is 7.85. The monoisotopic (exact) mass is 364 g/mol. The van der Waals surface area contributed by atoms with E-state index >= 15 is 0 Å². The fourth-order valence-corrected chi connectivity index (χ4v) is 3.12. The zero-order valence-electron chi connectivity index (χ0n) is 14.1. The van der Waals surface area contributed by atoms with Crippen LogP contribution in [0.4, 0.5) is 5.69 Å². The maximum Gasteiger partial charge on any atom is 0.258 e. The predicted molar refractivity (Wildman–Crippen MR) is 102 cm³/mol. The van der Waals surface area contributed by atoms with E-state index in [1.165, 1.54) is 22.2 Å². The molecule has 0 atom stereocenters. The van der Waals surface area contributed by atoms with Gasteiger partial charge in [-0.2, -0.15) is 5.26 Å². The van der Waals surface area contributed by atoms with Gasteiger partial charge < -0.3 is 5.32 Å². The first-order chi connectivity index (χ1) is 12.5. The molecule has 0 unspecified atom stereocenters. The van der Waals surface area contributed by atoms with E-state index in [1.807, 2.05) is 25.1 Å². The van der Waals surface area contributed by atoms with Gasteiger partial charge in [0.2, 0.25) is 5.91 Å². The van der Waals surface area contributed by atoms with Gasteiger partial charge in [0.05, 0.1) is 23.1 Å². The van der Waals surface area contributed by atoms with Gasteiger partial charge in [0.1, 0.15) is 5.65 Å². The number of carbonyl (C=O) groups excluding carboxylic acids is 1. The third kappa shape index (κ3) is 4.29. The maximum absolute atomic E-state index is 12.2. The van der Waals surface area contributed by atoms with Crippen LogP contribution in [0.15, 0.2) is 53.5 Å². The van der Waals surface area contributed by atoms with E-state index in [1.54, 1.807) is 30.5 Å². The van der Waals surface area contributed by atoms with Crippen LogP contribution < -0.4 is 10.9 Å². The minimum atomic E-state index is -0.146. The molecule has 7 heteroatoms. The molecule has 1 amide bonds. The Hall–Kier alpha value is -3.11. The largest absolute Gasteiger partial charge is 0.325 e. The van der Waals surface area contributed by atoms with Gasteiger partial charge in [-0.05, 0) is 42.8 Å². The van der Waals surface area contributed by atoms with Crippen LogP contribution in [0.1, 0.15) is 16.8 Å². The Morgan fingerprint density at radius 1 is 1.27 bits per heavy atom. The average Bonchev–Trinajstić information content (AvgIpc) is 2.63. The molecule has 0 saturated heterocycles. The van der Waals surface area contributed by atoms with Crippen LogP contribution >= 0.6 is 11.8 Å². The first-order valence-corrected chi connectivity index (χ1v) is 9.07. The number of amides is 1. The minimum absolute atomic E-state index is 0.128. The third-order valence-corrected chi connectivity index (χ3v) is 4.61. The number of nitrogens with zero attached hydrogens (tertiary/aromatic N) is 3. The van der Waals surface area contributed by atoms with Crippen molar-refractivity contribution in [1.82, 2.24) is 9.38 Å². The summed E-state index contributed by atoms with van der Waals surface area (Å²) in [5.74, 6) is 0.572. The van der Waals surface area contributed by atoms with E-state index < -0.39 is 0 Å². The lowest BCUT2D eigenvalue weighted by molar-refractivity contribution is -0.113. The van der Waals surface area contributed by atoms with Crippen LogP contribution in [0, 0.1) is 18.3 Å². The first-order valence-electron chi connectivity index (χ1n) is 7.92. The summed E-state index contributed by atoms with van der Waals surface area (Å²) in [6, 6.07) is 13.9. The van der Waals surface area contributed by atoms with Gasteiger partial charge in [-0.25, -0.2) is 4.98 Å². The van der Waals surface area contributed by atoms with E-state index in [4.69, 9.17) is 5.26 Å². The van der Waals surface area contributed by atoms with E-state index in [2.05, 4.69) is 10.3 Å². The van der Waals surface area contributed by atoms with Crippen molar-refractivity contribution in [3.8, 4) is 6.07 Å². The molecule has 0 aliphatic heterocycles. The SMILES string of the molecule is Cc1ccc2nc(CSCC(=O)Nc3ccc(C#N)cc3)cc(=O)n2c1. The number of hydrogen-bond acceptors (Lipinski definition) is 5. The summed E-state index contributed by atoms with van der Waals surface area (Å²) in [6.07, 6.45) is 1.76. The van der Waals surface area contributed by atoms with E-state index in [-0.39, 0.29) is 17.2 Å². The van der Waals surface area contributed by atoms with E-state index in [9.17, 15) is 9.59 Å². The van der Waals surface area contributed by atoms with Gasteiger partial charge in [0.25, 0.3) is 5.56 Å². The molecule has 130 valence electrons. The normalized spacial score (nSPS) is 10.5. The zero-order chi connectivity index (χ0) is 18.5. The summed E-state index contributed by atoms with van der Waals surface area (Å²) in [5, 5.41) is 11.5. The molecule has 0 fully saturated rings. The van der Waals surface area contributed by atoms with Gasteiger partial charge in [0.15, 0.2) is 0 Å². The summed E-state index contributed by atoms with van der Waals surface area (Å²) in [7, 11) is 0. The summed E-state index contributed by atoms with van der Waals surface area (Å²) < 4.78 is 1.51. The molecule has 3 aromatic rings. The van der Waals surface area contributed by atoms with Gasteiger partial charge >= 0.3 is 0 Å². The highest BCUT2D eigenvalue weighted by Crippen LogP contribution is 2.13. The van der Waals surface area contributed by atoms with Crippen molar-refractivity contribution in [2.75, 3.05) is 11.1 Å². The molecule has 2 heterocycles. The van der Waals surface area contributed by atoms with Crippen molar-refractivity contribution in [2.24, 2.45) is 0 Å². The number of anilines is 1. The number of benzene rings is 1. The molecule has 3 rings (SSSR count). The quantitative estimate of drug-likeness (QED) is 0.752. The van der Waals surface area contributed by atoms with Crippen molar-refractivity contribution in [1.29, 1.82) is 5.26 Å². The first kappa shape index (κ1) is 17.7. The fraction of sp³-hybridized carbons (Fsp3) is 0.158. The van der Waals surface area contributed by atoms with E-state index in [0.717, 1.165) is 5.56 Å². The Balaban J connectivity index is 1.58. The Bertz CT molecular complexity index is 1050. The highest BCUT2D eigenvalue weighted by Gasteiger charge is 2.06. The molecule has 0 saturated carbocycles. The van der Waals surface area contributed by atoms with Crippen LogP contribution in [0.25, 0.3) is 5.65 Å². The molecule has 0 radical (unpaired) electrons. The van der Waals surface area contributed by atoms with Gasteiger partial charge in [-0.1, -0.05) is 6.07 Å². The van der Waals surface area contributed by atoms with Crippen LogP contribution in [0.3, 0.4) is 0 Å². The Morgan fingerprint density at radius 3 is 2.77 bits per heavy atom. The van der Waals surface area contributed by atoms with Gasteiger partial charge in [-0.15, -0.1) is 11.8 Å². The molecule has 6 nitrogen and oxygen atoms in total. The van der Waals surface area contributed by atoms with Gasteiger partial charge in [-0.3, -0.25) is 14.0 Å². The molecule has 1 N–H and O–H groups in total. The number of pyridine rings is 1. The average molecular weight is 364 g/mol. The molecule has 0 aliphatic rings. The minimum Gasteiger partial charge on any atom is -0.325 e. The van der Waals surface area contributed by atoms with Crippen molar-refractivity contribution in [3.63, 3.8) is 0 Å². The second-order valence-electron chi connectivity index (χ2n) is 5.75. The lowest BCUT2D eigenvalue weighted by Crippen LogP contribution is -2.16. The number of hydrogen-bond donors (Lipinski definition) is 1. The predicted octanol–water partition coefficient (Wildman–Crippen LogP) is 2.75. The van der Waals surface area contributed by atoms with Crippen LogP contribution in [-0.2, 0) is 10.5 Å². The van der Waals surface area contributed by atoms with Crippen molar-refractivity contribution in [2.45, 2.75) is 12.7 Å². The zero-order valence-corrected chi connectivity index (χ0v) is 14.9. The van der Waals surface area contributed by atoms with Crippen LogP contribution in [0.5, 0.6) is 0 Å². The number of thioether (sulfide) groups is 1. The number of aryl methyl sites for hydroxylation is 1. The molecule has 26 heavy (non-hydrogen) atoms. The Morgan fingerprint density at radius 2 is 2.04 bits per heavy atom. The van der Waals surface area contributed by atoms with Gasteiger partial charge in [0, 0.05) is 23.7 Å². The highest BCUT2D eigenvalue weighted by molar-refractivity contribution is 7.99. The third-order valence-electron chi connectivity index (χ3n) is 3.64. The smallest absolute Gasteiger partial charge is 0.258 e. The van der Waals surface area contributed by atoms with Crippen molar-refractivity contribution in [3.05, 3.63) is 75.8 Å². The fourth-order valence-electron chi connectivity index (χ4n) is 2.41. The summed E-state index contributed by atoms with van der Waals surface area (Å²) in [5.41, 5.74) is 3.29. The van der Waals surface area contributed by atoms with Crippen molar-refractivity contribution >= 4 is 29.0 Å². The molecule has 0 bridgehead atoms. The number of aromatic nitrogens is 2. The number of nitriles is 1. The summed E-state index contributed by atoms with van der Waals surface area (Å²) in [6.45, 7) is 1.92. The lowest BCUT2D eigenvalue weighted by atomic mass is 10.2. The molecular formula is C19H16N4O2S. The van der Waals surface area contributed by atoms with Crippen LogP contribution in [0.2, 0.25) is 0 Å². The summed E-state index contributed by atoms with van der Waals surface area (Å²) >= 11 is 1.39. The number of fused-ring (bicyclic) bond motifs is 1. The summed E-state index contributed by atoms with van der Waals surface area (Å²) in [4.78, 5) is 28.6. The standard InChI is InChI=1S/C19H16N4O2S/c1-13-2-7-17-21-16(8-19(25)23(17)10-13)11-26-12-18(24)22-15-5-3-14(9-20)4-6-15/h2-8,10H,11-12H2,1H3,(H,22,24). The topological polar surface area (TPSA) is 87.3 Å². The lowest BCUT2D eigenvalue weighted by Gasteiger charge is -2.06. The van der Waals surface area contributed by atoms with Crippen molar-refractivity contribution < 1.29 is 4.79 Å². The van der Waals surface area contributed by atoms with E-state index in [0.29, 0.717) is 28.3 Å². The molecule has 1 aromatic carbocycles. The second-order valence-corrected chi connectivity index (χ2v) is 6.74. The highest BCUT2D eigenvalue weighted by atomic mass is 32.2. The van der Waals surface area contributed by atoms with Crippen LogP contribution in [-0.4, -0.2) is 21.0 Å². The molecular weight excluding hydrogens is 348 g/mol. The number of rotatable bonds is 5. The molecule has 0 aliphatic carbocycles. The Labute approximate surface area is 154 Å². The molecule has 2 aromatic heterocycles. The Kier molecular flexibility index (Phi) is 5.34.